The summed E-state index contributed by atoms with van der Waals surface area (Å²) in [5.74, 6) is -0.880. The van der Waals surface area contributed by atoms with Gasteiger partial charge in [0.2, 0.25) is 0 Å². The molecule has 0 amide bonds. The number of ketones is 3. The van der Waals surface area contributed by atoms with Crippen molar-refractivity contribution in [2.24, 2.45) is 39.4 Å². The molecule has 3 fully saturated rings. The number of allylic oxidation sites excluding steroid dienone is 1. The molecule has 0 radical (unpaired) electrons. The van der Waals surface area contributed by atoms with Gasteiger partial charge in [-0.3, -0.25) is 14.4 Å². The van der Waals surface area contributed by atoms with Crippen LogP contribution in [0.25, 0.3) is 0 Å². The summed E-state index contributed by atoms with van der Waals surface area (Å²) < 4.78 is 0. The summed E-state index contributed by atoms with van der Waals surface area (Å²) >= 11 is 0. The average Bonchev–Trinajstić information content (AvgIpc) is 3.14. The maximum atomic E-state index is 14.1. The van der Waals surface area contributed by atoms with Gasteiger partial charge < -0.3 is 20.4 Å². The zero-order chi connectivity index (χ0) is 30.4. The Hall–Kier alpha value is -1.41. The Morgan fingerprint density at radius 1 is 1.08 bits per heavy atom. The molecular weight excluding hydrogens is 496 g/mol. The topological polar surface area (TPSA) is 132 Å². The largest absolute Gasteiger partial charge is 0.400 e. The van der Waals surface area contributed by atoms with Crippen LogP contribution in [0.4, 0.5) is 0 Å². The minimum absolute atomic E-state index is 0.00230. The van der Waals surface area contributed by atoms with E-state index < -0.39 is 34.1 Å². The molecule has 39 heavy (non-hydrogen) atoms. The Kier molecular flexibility index (Phi) is 9.93. The van der Waals surface area contributed by atoms with Crippen LogP contribution in [0.2, 0.25) is 0 Å². The van der Waals surface area contributed by atoms with E-state index in [1.807, 2.05) is 34.6 Å². The third-order valence-electron chi connectivity index (χ3n) is 11.2. The number of carbonyl (C=O) groups is 3. The highest BCUT2D eigenvalue weighted by Crippen LogP contribution is 2.73. The third-order valence-corrected chi connectivity index (χ3v) is 11.2. The van der Waals surface area contributed by atoms with Crippen molar-refractivity contribution >= 4 is 17.3 Å². The SMILES string of the molecule is CC.CC(C)(O)CCC(=O)C(O)C1CCC2(C)C3CC=C4C(CC(=O)C(O)C4(C)C)C3(C)C(=O)CC12C.CO. The molecule has 3 saturated carbocycles. The van der Waals surface area contributed by atoms with Crippen LogP contribution >= 0.6 is 0 Å². The molecule has 0 bridgehead atoms. The van der Waals surface area contributed by atoms with Gasteiger partial charge in [-0.2, -0.15) is 0 Å². The molecule has 224 valence electrons. The highest BCUT2D eigenvalue weighted by atomic mass is 16.3. The first-order chi connectivity index (χ1) is 17.9. The van der Waals surface area contributed by atoms with E-state index in [1.165, 1.54) is 0 Å². The van der Waals surface area contributed by atoms with Crippen molar-refractivity contribution in [1.82, 2.24) is 0 Å². The highest BCUT2D eigenvalue weighted by molar-refractivity contribution is 5.92. The number of fused-ring (bicyclic) bond motifs is 5. The van der Waals surface area contributed by atoms with Crippen molar-refractivity contribution in [3.63, 3.8) is 0 Å². The standard InChI is InChI=1S/C29H44O6.C2H6.CH4O/c1-25(2,35)12-11-19(30)23(33)17-10-13-27(5)21-9-8-16-18(14-20(31)24(34)26(16,3)4)29(21,7)22(32)15-28(17,27)6;2*1-2/h8,17-18,21,23-24,33-35H,9-15H2,1-7H3;1-2H3;2H,1H3. The van der Waals surface area contributed by atoms with Gasteiger partial charge in [-0.15, -0.1) is 0 Å². The predicted octanol–water partition coefficient (Wildman–Crippen LogP) is 4.43. The lowest BCUT2D eigenvalue weighted by Crippen LogP contribution is -2.64. The Morgan fingerprint density at radius 2 is 1.64 bits per heavy atom. The number of aliphatic hydroxyl groups excluding tert-OH is 3. The van der Waals surface area contributed by atoms with Crippen molar-refractivity contribution < 1.29 is 34.8 Å². The van der Waals surface area contributed by atoms with E-state index >= 15 is 0 Å². The first-order valence-corrected chi connectivity index (χ1v) is 14.7. The average molecular weight is 551 g/mol. The lowest BCUT2D eigenvalue weighted by molar-refractivity contribution is -0.176. The Bertz CT molecular complexity index is 975. The van der Waals surface area contributed by atoms with Gasteiger partial charge in [-0.25, -0.2) is 0 Å². The number of aliphatic hydroxyl groups is 4. The molecule has 4 aliphatic carbocycles. The molecule has 7 nitrogen and oxygen atoms in total. The Balaban J connectivity index is 0.00000127. The lowest BCUT2D eigenvalue weighted by atomic mass is 9.38. The normalized spacial score (nSPS) is 39.5. The zero-order valence-electron chi connectivity index (χ0n) is 25.9. The summed E-state index contributed by atoms with van der Waals surface area (Å²) in [6, 6.07) is 0. The monoisotopic (exact) mass is 550 g/mol. The first kappa shape index (κ1) is 33.8. The summed E-state index contributed by atoms with van der Waals surface area (Å²) in [6.07, 6.45) is 3.01. The van der Waals surface area contributed by atoms with Gasteiger partial charge in [0.15, 0.2) is 11.6 Å². The molecule has 4 N–H and O–H groups in total. The van der Waals surface area contributed by atoms with E-state index in [-0.39, 0.29) is 66.2 Å². The molecule has 8 atom stereocenters. The fraction of sp³-hybridized carbons (Fsp3) is 0.844. The molecule has 7 heteroatoms. The summed E-state index contributed by atoms with van der Waals surface area (Å²) in [5.41, 5.74) is -2.16. The van der Waals surface area contributed by atoms with Crippen LogP contribution in [-0.4, -0.2) is 62.7 Å². The second-order valence-corrected chi connectivity index (χ2v) is 13.9. The Labute approximate surface area is 235 Å². The fourth-order valence-electron chi connectivity index (χ4n) is 8.64. The minimum Gasteiger partial charge on any atom is -0.400 e. The van der Waals surface area contributed by atoms with Gasteiger partial charge in [0, 0.05) is 37.2 Å². The number of rotatable bonds is 5. The van der Waals surface area contributed by atoms with Crippen LogP contribution in [0.3, 0.4) is 0 Å². The summed E-state index contributed by atoms with van der Waals surface area (Å²) in [6.45, 7) is 17.4. The summed E-state index contributed by atoms with van der Waals surface area (Å²) in [5, 5.41) is 38.8. The third kappa shape index (κ3) is 5.22. The Morgan fingerprint density at radius 3 is 2.18 bits per heavy atom. The van der Waals surface area contributed by atoms with Gasteiger partial charge in [-0.1, -0.05) is 60.1 Å². The van der Waals surface area contributed by atoms with Gasteiger partial charge in [-0.05, 0) is 68.1 Å². The quantitative estimate of drug-likeness (QED) is 0.372. The molecule has 0 aromatic rings. The van der Waals surface area contributed by atoms with Crippen LogP contribution in [0.5, 0.6) is 0 Å². The molecule has 4 aliphatic rings. The van der Waals surface area contributed by atoms with Gasteiger partial charge in [0.1, 0.15) is 18.0 Å². The van der Waals surface area contributed by atoms with Crippen molar-refractivity contribution in [3.8, 4) is 0 Å². The molecule has 0 saturated heterocycles. The molecule has 0 aromatic heterocycles. The van der Waals surface area contributed by atoms with Gasteiger partial charge >= 0.3 is 0 Å². The molecule has 0 heterocycles. The smallest absolute Gasteiger partial charge is 0.162 e. The molecule has 0 spiro atoms. The number of hydrogen-bond donors (Lipinski definition) is 4. The van der Waals surface area contributed by atoms with Crippen LogP contribution in [-0.2, 0) is 14.4 Å². The second kappa shape index (κ2) is 11.5. The van der Waals surface area contributed by atoms with Crippen LogP contribution in [0.15, 0.2) is 11.6 Å². The molecule has 4 rings (SSSR count). The van der Waals surface area contributed by atoms with E-state index in [9.17, 15) is 29.7 Å². The molecule has 0 aromatic carbocycles. The maximum Gasteiger partial charge on any atom is 0.162 e. The second-order valence-electron chi connectivity index (χ2n) is 13.9. The molecule has 8 unspecified atom stereocenters. The number of carbonyl (C=O) groups excluding carboxylic acids is 3. The van der Waals surface area contributed by atoms with Crippen LogP contribution in [0, 0.1) is 39.4 Å². The van der Waals surface area contributed by atoms with E-state index in [4.69, 9.17) is 5.11 Å². The summed E-state index contributed by atoms with van der Waals surface area (Å²) in [7, 11) is 1.00. The summed E-state index contributed by atoms with van der Waals surface area (Å²) in [4.78, 5) is 39.9. The van der Waals surface area contributed by atoms with Crippen molar-refractivity contribution in [2.45, 2.75) is 125 Å². The maximum absolute atomic E-state index is 14.1. The fourth-order valence-corrected chi connectivity index (χ4v) is 8.64. The number of Topliss-reactive ketones (excluding diaryl/α,β-unsaturated/α-hetero) is 3. The van der Waals surface area contributed by atoms with Crippen molar-refractivity contribution in [2.75, 3.05) is 7.11 Å². The minimum atomic E-state index is -1.15. The lowest BCUT2D eigenvalue weighted by Gasteiger charge is -2.64. The van der Waals surface area contributed by atoms with E-state index in [2.05, 4.69) is 19.9 Å². The van der Waals surface area contributed by atoms with Crippen molar-refractivity contribution in [1.29, 1.82) is 0 Å². The highest BCUT2D eigenvalue weighted by Gasteiger charge is 2.71. The van der Waals surface area contributed by atoms with E-state index in [0.717, 1.165) is 19.1 Å². The van der Waals surface area contributed by atoms with Gasteiger partial charge in [0.05, 0.1) is 5.60 Å². The van der Waals surface area contributed by atoms with E-state index in [1.54, 1.807) is 13.8 Å². The van der Waals surface area contributed by atoms with Crippen LogP contribution < -0.4 is 0 Å². The molecule has 0 aliphatic heterocycles. The first-order valence-electron chi connectivity index (χ1n) is 14.7. The van der Waals surface area contributed by atoms with Crippen molar-refractivity contribution in [3.05, 3.63) is 11.6 Å². The number of hydrogen-bond acceptors (Lipinski definition) is 7. The van der Waals surface area contributed by atoms with Gasteiger partial charge in [0.25, 0.3) is 0 Å². The zero-order valence-corrected chi connectivity index (χ0v) is 25.9. The van der Waals surface area contributed by atoms with E-state index in [0.29, 0.717) is 12.8 Å². The van der Waals surface area contributed by atoms with Crippen LogP contribution in [0.1, 0.15) is 107 Å². The predicted molar refractivity (Wildman–Crippen MR) is 152 cm³/mol. The molecular formula is C32H54O7.